The fourth-order valence-corrected chi connectivity index (χ4v) is 2.38. The van der Waals surface area contributed by atoms with Gasteiger partial charge in [0.15, 0.2) is 16.6 Å². The van der Waals surface area contributed by atoms with E-state index in [2.05, 4.69) is 15.4 Å². The lowest BCUT2D eigenvalue weighted by molar-refractivity contribution is 0.102. The van der Waals surface area contributed by atoms with Crippen molar-refractivity contribution in [2.75, 3.05) is 5.32 Å². The minimum atomic E-state index is -0.266. The number of rotatable bonds is 4. The zero-order chi connectivity index (χ0) is 13.9. The molecule has 0 atom stereocenters. The highest BCUT2D eigenvalue weighted by Crippen LogP contribution is 2.25. The minimum absolute atomic E-state index is 0.266. The van der Waals surface area contributed by atoms with Crippen LogP contribution in [-0.4, -0.2) is 20.7 Å². The van der Waals surface area contributed by atoms with Gasteiger partial charge in [-0.2, -0.15) is 5.10 Å². The number of aromatic nitrogens is 3. The van der Waals surface area contributed by atoms with Gasteiger partial charge in [-0.25, -0.2) is 4.98 Å². The van der Waals surface area contributed by atoms with Gasteiger partial charge in [0.2, 0.25) is 0 Å². The Hall–Kier alpha value is -2.41. The first-order valence-corrected chi connectivity index (χ1v) is 6.98. The molecule has 3 aromatic heterocycles. The highest BCUT2D eigenvalue weighted by atomic mass is 32.1. The Bertz CT molecular complexity index is 714. The van der Waals surface area contributed by atoms with Crippen LogP contribution in [0.1, 0.15) is 17.4 Å². The molecule has 3 rings (SSSR count). The number of aryl methyl sites for hydroxylation is 1. The van der Waals surface area contributed by atoms with Crippen LogP contribution in [0.2, 0.25) is 0 Å². The second kappa shape index (κ2) is 5.30. The number of nitrogens with one attached hydrogen (secondary N) is 1. The molecule has 0 fully saturated rings. The summed E-state index contributed by atoms with van der Waals surface area (Å²) in [6.45, 7) is 2.69. The maximum Gasteiger partial charge on any atom is 0.277 e. The molecule has 6 nitrogen and oxygen atoms in total. The summed E-state index contributed by atoms with van der Waals surface area (Å²) in [5, 5.41) is 9.23. The van der Waals surface area contributed by atoms with E-state index in [-0.39, 0.29) is 5.91 Å². The molecule has 0 unspecified atom stereocenters. The molecule has 0 aliphatic heterocycles. The largest absolute Gasteiger partial charge is 0.463 e. The zero-order valence-corrected chi connectivity index (χ0v) is 11.6. The third kappa shape index (κ3) is 2.48. The first-order chi connectivity index (χ1) is 9.76. The monoisotopic (exact) mass is 288 g/mol. The van der Waals surface area contributed by atoms with E-state index in [9.17, 15) is 4.79 Å². The minimum Gasteiger partial charge on any atom is -0.463 e. The van der Waals surface area contributed by atoms with Crippen molar-refractivity contribution in [1.82, 2.24) is 14.8 Å². The number of anilines is 1. The topological polar surface area (TPSA) is 73.0 Å². The summed E-state index contributed by atoms with van der Waals surface area (Å²) in [6.07, 6.45) is 3.36. The molecule has 20 heavy (non-hydrogen) atoms. The summed E-state index contributed by atoms with van der Waals surface area (Å²) in [5.74, 6) is 0.412. The van der Waals surface area contributed by atoms with Crippen molar-refractivity contribution >= 4 is 22.4 Å². The average Bonchev–Trinajstić information content (AvgIpc) is 3.19. The molecule has 0 aromatic carbocycles. The van der Waals surface area contributed by atoms with Crippen molar-refractivity contribution in [3.05, 3.63) is 41.7 Å². The van der Waals surface area contributed by atoms with Crippen LogP contribution in [0, 0.1) is 0 Å². The van der Waals surface area contributed by atoms with Gasteiger partial charge in [0, 0.05) is 18.1 Å². The molecule has 0 aliphatic rings. The van der Waals surface area contributed by atoms with Gasteiger partial charge in [0.05, 0.1) is 6.26 Å². The first kappa shape index (κ1) is 12.6. The molecule has 0 spiro atoms. The predicted octanol–water partition coefficient (Wildman–Crippen LogP) is 2.87. The van der Waals surface area contributed by atoms with Gasteiger partial charge in [-0.3, -0.25) is 14.8 Å². The molecule has 0 bridgehead atoms. The molecule has 0 saturated carbocycles. The lowest BCUT2D eigenvalue weighted by atomic mass is 10.4. The fraction of sp³-hybridized carbons (Fsp3) is 0.154. The van der Waals surface area contributed by atoms with Crippen molar-refractivity contribution in [1.29, 1.82) is 0 Å². The number of thiazole rings is 1. The van der Waals surface area contributed by atoms with E-state index in [1.54, 1.807) is 29.3 Å². The maximum absolute atomic E-state index is 12.0. The molecule has 7 heteroatoms. The van der Waals surface area contributed by atoms with Gasteiger partial charge >= 0.3 is 0 Å². The van der Waals surface area contributed by atoms with Crippen LogP contribution in [0.3, 0.4) is 0 Å². The molecular weight excluding hydrogens is 276 g/mol. The fourth-order valence-electron chi connectivity index (χ4n) is 1.69. The van der Waals surface area contributed by atoms with Crippen molar-refractivity contribution in [2.24, 2.45) is 0 Å². The molecule has 3 heterocycles. The van der Waals surface area contributed by atoms with Gasteiger partial charge in [-0.05, 0) is 25.1 Å². The number of hydrogen-bond acceptors (Lipinski definition) is 5. The Morgan fingerprint density at radius 3 is 3.10 bits per heavy atom. The van der Waals surface area contributed by atoms with Crippen LogP contribution < -0.4 is 5.32 Å². The number of furan rings is 1. The Labute approximate surface area is 119 Å². The van der Waals surface area contributed by atoms with Crippen LogP contribution in [0.4, 0.5) is 5.13 Å². The van der Waals surface area contributed by atoms with E-state index >= 15 is 0 Å². The third-order valence-electron chi connectivity index (χ3n) is 2.70. The van der Waals surface area contributed by atoms with Crippen molar-refractivity contribution < 1.29 is 9.21 Å². The Balaban J connectivity index is 1.73. The lowest BCUT2D eigenvalue weighted by Gasteiger charge is -1.97. The Kier molecular flexibility index (Phi) is 3.34. The lowest BCUT2D eigenvalue weighted by Crippen LogP contribution is -2.13. The molecule has 1 amide bonds. The van der Waals surface area contributed by atoms with E-state index < -0.39 is 0 Å². The maximum atomic E-state index is 12.0. The van der Waals surface area contributed by atoms with Gasteiger partial charge in [0.25, 0.3) is 5.91 Å². The quantitative estimate of drug-likeness (QED) is 0.801. The predicted molar refractivity (Wildman–Crippen MR) is 75.7 cm³/mol. The van der Waals surface area contributed by atoms with E-state index in [1.165, 1.54) is 11.3 Å². The summed E-state index contributed by atoms with van der Waals surface area (Å²) >= 11 is 1.35. The molecule has 3 aromatic rings. The molecule has 1 N–H and O–H groups in total. The summed E-state index contributed by atoms with van der Waals surface area (Å²) in [6, 6.07) is 5.30. The van der Waals surface area contributed by atoms with Gasteiger partial charge < -0.3 is 4.42 Å². The van der Waals surface area contributed by atoms with E-state index in [0.29, 0.717) is 22.3 Å². The first-order valence-electron chi connectivity index (χ1n) is 6.10. The van der Waals surface area contributed by atoms with Crippen molar-refractivity contribution in [3.63, 3.8) is 0 Å². The second-order valence-electron chi connectivity index (χ2n) is 4.03. The van der Waals surface area contributed by atoms with E-state index in [1.807, 2.05) is 18.4 Å². The van der Waals surface area contributed by atoms with Crippen molar-refractivity contribution in [3.8, 4) is 11.5 Å². The Morgan fingerprint density at radius 1 is 1.50 bits per heavy atom. The summed E-state index contributed by atoms with van der Waals surface area (Å²) in [7, 11) is 0. The van der Waals surface area contributed by atoms with Crippen molar-refractivity contribution in [2.45, 2.75) is 13.5 Å². The SMILES string of the molecule is CCn1ccc(C(=O)Nc2nc(-c3ccco3)cs2)n1. The normalized spacial score (nSPS) is 10.7. The third-order valence-corrected chi connectivity index (χ3v) is 3.45. The van der Waals surface area contributed by atoms with Crippen LogP contribution in [0.5, 0.6) is 0 Å². The van der Waals surface area contributed by atoms with Gasteiger partial charge in [-0.15, -0.1) is 11.3 Å². The smallest absolute Gasteiger partial charge is 0.277 e. The number of hydrogen-bond donors (Lipinski definition) is 1. The standard InChI is InChI=1S/C13H12N4O2S/c1-2-17-6-5-9(16-17)12(18)15-13-14-10(8-20-13)11-4-3-7-19-11/h3-8H,2H2,1H3,(H,14,15,18). The van der Waals surface area contributed by atoms with Gasteiger partial charge in [-0.1, -0.05) is 0 Å². The highest BCUT2D eigenvalue weighted by molar-refractivity contribution is 7.14. The molecule has 0 saturated heterocycles. The number of nitrogens with zero attached hydrogens (tertiary/aromatic N) is 3. The van der Waals surface area contributed by atoms with Crippen LogP contribution in [-0.2, 0) is 6.54 Å². The number of amides is 1. The molecular formula is C13H12N4O2S. The van der Waals surface area contributed by atoms with Gasteiger partial charge in [0.1, 0.15) is 5.69 Å². The summed E-state index contributed by atoms with van der Waals surface area (Å²) < 4.78 is 6.96. The molecule has 0 radical (unpaired) electrons. The Morgan fingerprint density at radius 2 is 2.40 bits per heavy atom. The summed E-state index contributed by atoms with van der Waals surface area (Å²) in [5.41, 5.74) is 1.08. The summed E-state index contributed by atoms with van der Waals surface area (Å²) in [4.78, 5) is 16.3. The zero-order valence-electron chi connectivity index (χ0n) is 10.7. The average molecular weight is 288 g/mol. The van der Waals surface area contributed by atoms with Crippen LogP contribution in [0.15, 0.2) is 40.5 Å². The number of carbonyl (C=O) groups excluding carboxylic acids is 1. The second-order valence-corrected chi connectivity index (χ2v) is 4.88. The molecule has 0 aliphatic carbocycles. The van der Waals surface area contributed by atoms with E-state index in [0.717, 1.165) is 6.54 Å². The van der Waals surface area contributed by atoms with Crippen LogP contribution in [0.25, 0.3) is 11.5 Å². The molecule has 102 valence electrons. The van der Waals surface area contributed by atoms with E-state index in [4.69, 9.17) is 4.42 Å². The number of carbonyl (C=O) groups is 1. The highest BCUT2D eigenvalue weighted by Gasteiger charge is 2.13. The van der Waals surface area contributed by atoms with Crippen LogP contribution >= 0.6 is 11.3 Å².